The lowest BCUT2D eigenvalue weighted by molar-refractivity contribution is -0.146. The molecule has 1 aliphatic rings. The molecule has 1 aliphatic heterocycles. The second-order valence-electron chi connectivity index (χ2n) is 7.86. The summed E-state index contributed by atoms with van der Waals surface area (Å²) in [5.41, 5.74) is 10.9. The molecule has 14 heteroatoms. The molecule has 1 heterocycles. The van der Waals surface area contributed by atoms with E-state index in [1.807, 2.05) is 0 Å². The van der Waals surface area contributed by atoms with Crippen LogP contribution in [0.2, 0.25) is 0 Å². The maximum Gasteiger partial charge on any atom is 0.328 e. The Morgan fingerprint density at radius 1 is 1.06 bits per heavy atom. The Labute approximate surface area is 189 Å². The molecular formula is C19H31N5O9. The number of primary amides is 1. The van der Waals surface area contributed by atoms with Crippen molar-refractivity contribution in [3.63, 3.8) is 0 Å². The van der Waals surface area contributed by atoms with E-state index in [1.165, 1.54) is 4.90 Å². The number of aliphatic hydroxyl groups excluding tert-OH is 1. The molecule has 4 amide bonds. The van der Waals surface area contributed by atoms with Gasteiger partial charge in [-0.2, -0.15) is 0 Å². The molecule has 5 atom stereocenters. The summed E-state index contributed by atoms with van der Waals surface area (Å²) >= 11 is 0. The van der Waals surface area contributed by atoms with E-state index in [1.54, 1.807) is 0 Å². The predicted molar refractivity (Wildman–Crippen MR) is 111 cm³/mol. The molecule has 186 valence electrons. The van der Waals surface area contributed by atoms with E-state index in [0.717, 1.165) is 6.92 Å². The second kappa shape index (κ2) is 12.7. The van der Waals surface area contributed by atoms with Crippen molar-refractivity contribution in [3.05, 3.63) is 0 Å². The van der Waals surface area contributed by atoms with Gasteiger partial charge in [-0.15, -0.1) is 0 Å². The monoisotopic (exact) mass is 473 g/mol. The van der Waals surface area contributed by atoms with E-state index < -0.39 is 65.8 Å². The fourth-order valence-corrected chi connectivity index (χ4v) is 3.38. The third-order valence-electron chi connectivity index (χ3n) is 5.18. The fraction of sp³-hybridized carbons (Fsp3) is 0.684. The molecule has 14 nitrogen and oxygen atoms in total. The molecule has 9 N–H and O–H groups in total. The number of aliphatic carboxylic acids is 2. The highest BCUT2D eigenvalue weighted by molar-refractivity contribution is 5.94. The van der Waals surface area contributed by atoms with Crippen molar-refractivity contribution in [2.24, 2.45) is 11.5 Å². The average Bonchev–Trinajstić information content (AvgIpc) is 3.21. The summed E-state index contributed by atoms with van der Waals surface area (Å²) in [5.74, 6) is -5.65. The number of likely N-dealkylation sites (tertiary alicyclic amines) is 1. The third kappa shape index (κ3) is 8.65. The van der Waals surface area contributed by atoms with E-state index in [9.17, 15) is 33.9 Å². The maximum atomic E-state index is 12.9. The third-order valence-corrected chi connectivity index (χ3v) is 5.18. The van der Waals surface area contributed by atoms with Crippen LogP contribution in [0.4, 0.5) is 0 Å². The zero-order chi connectivity index (χ0) is 25.3. The molecule has 0 aromatic carbocycles. The summed E-state index contributed by atoms with van der Waals surface area (Å²) in [4.78, 5) is 72.4. The minimum Gasteiger partial charge on any atom is -0.481 e. The number of nitrogens with one attached hydrogen (secondary N) is 2. The van der Waals surface area contributed by atoms with Gasteiger partial charge >= 0.3 is 11.9 Å². The standard InChI is InChI=1S/C19H31N5O9/c1-9(25)15(19(32)33)23-16(29)11(5-6-13(21)26)22-17(30)12-3-2-8-24(12)18(31)10(20)4-7-14(27)28/h9-12,15,25H,2-8,20H2,1H3,(H2,21,26)(H,22,30)(H,23,29)(H,27,28)(H,32,33). The Balaban J connectivity index is 2.92. The number of carboxylic acids is 2. The molecule has 0 aromatic heterocycles. The molecule has 0 saturated carbocycles. The van der Waals surface area contributed by atoms with Crippen LogP contribution in [0.5, 0.6) is 0 Å². The molecule has 33 heavy (non-hydrogen) atoms. The number of hydrogen-bond acceptors (Lipinski definition) is 8. The van der Waals surface area contributed by atoms with Gasteiger partial charge in [-0.3, -0.25) is 24.0 Å². The van der Waals surface area contributed by atoms with Gasteiger partial charge in [0.1, 0.15) is 12.1 Å². The molecule has 5 unspecified atom stereocenters. The summed E-state index contributed by atoms with van der Waals surface area (Å²) in [5, 5.41) is 32.0. The Kier molecular flexibility index (Phi) is 10.7. The van der Waals surface area contributed by atoms with Crippen LogP contribution >= 0.6 is 0 Å². The van der Waals surface area contributed by atoms with E-state index in [4.69, 9.17) is 21.7 Å². The number of nitrogens with two attached hydrogens (primary N) is 2. The number of rotatable bonds is 13. The van der Waals surface area contributed by atoms with Crippen LogP contribution in [0, 0.1) is 0 Å². The number of hydrogen-bond donors (Lipinski definition) is 7. The Morgan fingerprint density at radius 3 is 2.21 bits per heavy atom. The first-order valence-electron chi connectivity index (χ1n) is 10.4. The molecule has 1 fully saturated rings. The Bertz CT molecular complexity index is 773. The zero-order valence-electron chi connectivity index (χ0n) is 18.2. The van der Waals surface area contributed by atoms with Crippen LogP contribution in [0.1, 0.15) is 45.4 Å². The van der Waals surface area contributed by atoms with Gasteiger partial charge in [0.15, 0.2) is 6.04 Å². The van der Waals surface area contributed by atoms with Crippen LogP contribution in [0.3, 0.4) is 0 Å². The lowest BCUT2D eigenvalue weighted by Gasteiger charge is -2.28. The van der Waals surface area contributed by atoms with E-state index in [-0.39, 0.29) is 38.6 Å². The van der Waals surface area contributed by atoms with E-state index in [0.29, 0.717) is 6.42 Å². The summed E-state index contributed by atoms with van der Waals surface area (Å²) in [7, 11) is 0. The predicted octanol–water partition coefficient (Wildman–Crippen LogP) is -3.13. The maximum absolute atomic E-state index is 12.9. The summed E-state index contributed by atoms with van der Waals surface area (Å²) in [6.07, 6.45) is -1.67. The molecule has 1 rings (SSSR count). The zero-order valence-corrected chi connectivity index (χ0v) is 18.2. The number of carbonyl (C=O) groups is 6. The highest BCUT2D eigenvalue weighted by Gasteiger charge is 2.38. The first kappa shape index (κ1) is 27.8. The van der Waals surface area contributed by atoms with Gasteiger partial charge in [0.25, 0.3) is 0 Å². The molecule has 0 radical (unpaired) electrons. The second-order valence-corrected chi connectivity index (χ2v) is 7.86. The van der Waals surface area contributed by atoms with Crippen molar-refractivity contribution < 1.29 is 44.1 Å². The van der Waals surface area contributed by atoms with Gasteiger partial charge in [-0.05, 0) is 32.6 Å². The van der Waals surface area contributed by atoms with Crippen molar-refractivity contribution in [1.29, 1.82) is 0 Å². The highest BCUT2D eigenvalue weighted by atomic mass is 16.4. The van der Waals surface area contributed by atoms with Crippen molar-refractivity contribution >= 4 is 35.6 Å². The van der Waals surface area contributed by atoms with Crippen LogP contribution < -0.4 is 22.1 Å². The molecule has 0 spiro atoms. The van der Waals surface area contributed by atoms with Crippen molar-refractivity contribution in [2.45, 2.75) is 75.7 Å². The minimum absolute atomic E-state index is 0.113. The molecule has 1 saturated heterocycles. The van der Waals surface area contributed by atoms with Crippen LogP contribution in [0.15, 0.2) is 0 Å². The summed E-state index contributed by atoms with van der Waals surface area (Å²) in [6.45, 7) is 1.37. The SMILES string of the molecule is CC(O)C(NC(=O)C(CCC(N)=O)NC(=O)C1CCCN1C(=O)C(N)CCC(=O)O)C(=O)O. The Hall–Kier alpha value is -3.26. The average molecular weight is 473 g/mol. The molecular weight excluding hydrogens is 442 g/mol. The van der Waals surface area contributed by atoms with Crippen molar-refractivity contribution in [3.8, 4) is 0 Å². The molecule has 0 bridgehead atoms. The normalized spacial score (nSPS) is 19.1. The minimum atomic E-state index is -1.65. The van der Waals surface area contributed by atoms with Gasteiger partial charge in [-0.1, -0.05) is 0 Å². The van der Waals surface area contributed by atoms with E-state index >= 15 is 0 Å². The summed E-state index contributed by atoms with van der Waals surface area (Å²) < 4.78 is 0. The Morgan fingerprint density at radius 2 is 1.70 bits per heavy atom. The van der Waals surface area contributed by atoms with Crippen LogP contribution in [0.25, 0.3) is 0 Å². The number of carbonyl (C=O) groups excluding carboxylic acids is 4. The number of aliphatic hydroxyl groups is 1. The highest BCUT2D eigenvalue weighted by Crippen LogP contribution is 2.19. The van der Waals surface area contributed by atoms with Crippen LogP contribution in [-0.2, 0) is 28.8 Å². The lowest BCUT2D eigenvalue weighted by atomic mass is 10.1. The van der Waals surface area contributed by atoms with Crippen LogP contribution in [-0.4, -0.2) is 92.6 Å². The van der Waals surface area contributed by atoms with Gasteiger partial charge in [0.05, 0.1) is 12.1 Å². The van der Waals surface area contributed by atoms with Gasteiger partial charge < -0.3 is 42.3 Å². The smallest absolute Gasteiger partial charge is 0.328 e. The fourth-order valence-electron chi connectivity index (χ4n) is 3.38. The van der Waals surface area contributed by atoms with Gasteiger partial charge in [0.2, 0.25) is 23.6 Å². The summed E-state index contributed by atoms with van der Waals surface area (Å²) in [6, 6.07) is -5.11. The van der Waals surface area contributed by atoms with Crippen molar-refractivity contribution in [2.75, 3.05) is 6.54 Å². The number of amides is 4. The van der Waals surface area contributed by atoms with Gasteiger partial charge in [0, 0.05) is 19.4 Å². The quantitative estimate of drug-likeness (QED) is 0.142. The van der Waals surface area contributed by atoms with E-state index in [2.05, 4.69) is 10.6 Å². The number of carboxylic acid groups (broad SMARTS) is 2. The van der Waals surface area contributed by atoms with Gasteiger partial charge in [-0.25, -0.2) is 4.79 Å². The lowest BCUT2D eigenvalue weighted by Crippen LogP contribution is -2.58. The molecule has 0 aromatic rings. The first-order chi connectivity index (χ1) is 15.3. The topological polar surface area (TPSA) is 242 Å². The number of nitrogens with zero attached hydrogens (tertiary/aromatic N) is 1. The molecule has 0 aliphatic carbocycles. The first-order valence-corrected chi connectivity index (χ1v) is 10.4. The van der Waals surface area contributed by atoms with Crippen molar-refractivity contribution in [1.82, 2.24) is 15.5 Å². The largest absolute Gasteiger partial charge is 0.481 e.